The molecule has 2 rings (SSSR count). The van der Waals surface area contributed by atoms with E-state index in [2.05, 4.69) is 44.3 Å². The Morgan fingerprint density at radius 2 is 1.81 bits per heavy atom. The summed E-state index contributed by atoms with van der Waals surface area (Å²) in [5.41, 5.74) is 0. The third-order valence-electron chi connectivity index (χ3n) is 3.80. The molecular formula is C14H26N6O. The fourth-order valence-electron chi connectivity index (χ4n) is 2.48. The van der Waals surface area contributed by atoms with Gasteiger partial charge in [0.1, 0.15) is 0 Å². The summed E-state index contributed by atoms with van der Waals surface area (Å²) in [5.74, 6) is 2.26. The summed E-state index contributed by atoms with van der Waals surface area (Å²) in [7, 11) is 1.81. The number of hydrogen-bond donors (Lipinski definition) is 3. The number of anilines is 3. The third-order valence-corrected chi connectivity index (χ3v) is 3.80. The highest BCUT2D eigenvalue weighted by Gasteiger charge is 2.19. The molecule has 0 radical (unpaired) electrons. The van der Waals surface area contributed by atoms with Crippen LogP contribution in [0.4, 0.5) is 17.8 Å². The standard InChI is InChI=1S/C14H26N6O/c1-10(2)11(6-9-21)16-13-17-12(15-3)18-14(19-13)20-7-4-5-8-20/h10-11,21H,4-9H2,1-3H3,(H2,15,16,17,18,19). The second-order valence-electron chi connectivity index (χ2n) is 5.73. The van der Waals surface area contributed by atoms with Crippen molar-refractivity contribution in [3.05, 3.63) is 0 Å². The molecule has 1 atom stereocenters. The first-order valence-electron chi connectivity index (χ1n) is 7.70. The maximum Gasteiger partial charge on any atom is 0.231 e. The minimum Gasteiger partial charge on any atom is -0.396 e. The summed E-state index contributed by atoms with van der Waals surface area (Å²) in [6, 6.07) is 0.147. The van der Waals surface area contributed by atoms with Gasteiger partial charge in [0.15, 0.2) is 0 Å². The van der Waals surface area contributed by atoms with Crippen LogP contribution in [0.25, 0.3) is 0 Å². The summed E-state index contributed by atoms with van der Waals surface area (Å²) in [6.07, 6.45) is 3.04. The summed E-state index contributed by atoms with van der Waals surface area (Å²) in [6.45, 7) is 6.39. The van der Waals surface area contributed by atoms with Crippen molar-refractivity contribution in [2.75, 3.05) is 42.3 Å². The Morgan fingerprint density at radius 3 is 2.38 bits per heavy atom. The zero-order chi connectivity index (χ0) is 15.2. The van der Waals surface area contributed by atoms with E-state index in [1.807, 2.05) is 0 Å². The lowest BCUT2D eigenvalue weighted by molar-refractivity contribution is 0.267. The first-order valence-corrected chi connectivity index (χ1v) is 7.70. The molecule has 3 N–H and O–H groups in total. The Labute approximate surface area is 126 Å². The quantitative estimate of drug-likeness (QED) is 0.699. The van der Waals surface area contributed by atoms with E-state index in [0.717, 1.165) is 19.0 Å². The zero-order valence-electron chi connectivity index (χ0n) is 13.1. The molecule has 2 heterocycles. The molecule has 1 saturated heterocycles. The molecule has 0 bridgehead atoms. The average molecular weight is 294 g/mol. The maximum absolute atomic E-state index is 9.18. The van der Waals surface area contributed by atoms with Crippen LogP contribution in [-0.4, -0.2) is 52.8 Å². The topological polar surface area (TPSA) is 86.2 Å². The van der Waals surface area contributed by atoms with E-state index < -0.39 is 0 Å². The largest absolute Gasteiger partial charge is 0.396 e. The molecule has 0 aliphatic carbocycles. The molecule has 21 heavy (non-hydrogen) atoms. The van der Waals surface area contributed by atoms with Gasteiger partial charge in [-0.15, -0.1) is 0 Å². The molecule has 1 aromatic rings. The first kappa shape index (κ1) is 15.8. The zero-order valence-corrected chi connectivity index (χ0v) is 13.1. The predicted octanol–water partition coefficient (Wildman–Crippen LogP) is 1.33. The highest BCUT2D eigenvalue weighted by Crippen LogP contribution is 2.20. The second-order valence-corrected chi connectivity index (χ2v) is 5.73. The molecule has 1 fully saturated rings. The molecule has 7 heteroatoms. The Bertz CT molecular complexity index is 447. The van der Waals surface area contributed by atoms with Crippen LogP contribution in [0.1, 0.15) is 33.1 Å². The second kappa shape index (κ2) is 7.40. The van der Waals surface area contributed by atoms with Gasteiger partial charge in [-0.1, -0.05) is 13.8 Å². The number of aliphatic hydroxyl groups is 1. The molecule has 0 saturated carbocycles. The van der Waals surface area contributed by atoms with Gasteiger partial charge in [0, 0.05) is 32.8 Å². The number of aromatic nitrogens is 3. The van der Waals surface area contributed by atoms with Gasteiger partial charge in [-0.3, -0.25) is 0 Å². The highest BCUT2D eigenvalue weighted by molar-refractivity contribution is 5.44. The Morgan fingerprint density at radius 1 is 1.14 bits per heavy atom. The van der Waals surface area contributed by atoms with Gasteiger partial charge >= 0.3 is 0 Å². The van der Waals surface area contributed by atoms with E-state index >= 15 is 0 Å². The molecule has 0 aromatic carbocycles. The van der Waals surface area contributed by atoms with Gasteiger partial charge in [-0.05, 0) is 25.2 Å². The lowest BCUT2D eigenvalue weighted by Gasteiger charge is -2.23. The highest BCUT2D eigenvalue weighted by atomic mass is 16.3. The predicted molar refractivity (Wildman–Crippen MR) is 84.8 cm³/mol. The Hall–Kier alpha value is -1.63. The normalized spacial score (nSPS) is 16.3. The van der Waals surface area contributed by atoms with Gasteiger partial charge in [-0.2, -0.15) is 15.0 Å². The third kappa shape index (κ3) is 4.17. The summed E-state index contributed by atoms with van der Waals surface area (Å²) >= 11 is 0. The average Bonchev–Trinajstić information content (AvgIpc) is 3.00. The first-order chi connectivity index (χ1) is 10.1. The molecule has 0 spiro atoms. The number of aliphatic hydroxyl groups excluding tert-OH is 1. The lowest BCUT2D eigenvalue weighted by Crippen LogP contribution is -2.29. The molecule has 1 aromatic heterocycles. The van der Waals surface area contributed by atoms with Gasteiger partial charge in [-0.25, -0.2) is 0 Å². The Kier molecular flexibility index (Phi) is 5.55. The lowest BCUT2D eigenvalue weighted by atomic mass is 10.0. The van der Waals surface area contributed by atoms with Crippen molar-refractivity contribution in [2.45, 2.75) is 39.2 Å². The van der Waals surface area contributed by atoms with Gasteiger partial charge in [0.05, 0.1) is 0 Å². The van der Waals surface area contributed by atoms with Crippen LogP contribution < -0.4 is 15.5 Å². The molecule has 1 aliphatic rings. The number of hydrogen-bond acceptors (Lipinski definition) is 7. The summed E-state index contributed by atoms with van der Waals surface area (Å²) in [5, 5.41) is 15.5. The van der Waals surface area contributed by atoms with Crippen LogP contribution in [0, 0.1) is 5.92 Å². The van der Waals surface area contributed by atoms with E-state index in [0.29, 0.717) is 24.2 Å². The molecule has 7 nitrogen and oxygen atoms in total. The van der Waals surface area contributed by atoms with Crippen molar-refractivity contribution in [3.8, 4) is 0 Å². The number of nitrogens with zero attached hydrogens (tertiary/aromatic N) is 4. The van der Waals surface area contributed by atoms with Crippen LogP contribution in [0.15, 0.2) is 0 Å². The maximum atomic E-state index is 9.18. The minimum atomic E-state index is 0.147. The van der Waals surface area contributed by atoms with Crippen LogP contribution in [0.2, 0.25) is 0 Å². The minimum absolute atomic E-state index is 0.147. The SMILES string of the molecule is CNc1nc(NC(CCO)C(C)C)nc(N2CCCC2)n1. The fourth-order valence-corrected chi connectivity index (χ4v) is 2.48. The van der Waals surface area contributed by atoms with Crippen molar-refractivity contribution < 1.29 is 5.11 Å². The van der Waals surface area contributed by atoms with Crippen molar-refractivity contribution in [3.63, 3.8) is 0 Å². The molecule has 1 aliphatic heterocycles. The van der Waals surface area contributed by atoms with E-state index in [1.165, 1.54) is 12.8 Å². The van der Waals surface area contributed by atoms with Crippen molar-refractivity contribution in [1.29, 1.82) is 0 Å². The van der Waals surface area contributed by atoms with Crippen LogP contribution in [-0.2, 0) is 0 Å². The van der Waals surface area contributed by atoms with E-state index in [9.17, 15) is 5.11 Å². The van der Waals surface area contributed by atoms with Crippen LogP contribution in [0.3, 0.4) is 0 Å². The Balaban J connectivity index is 2.19. The molecular weight excluding hydrogens is 268 g/mol. The van der Waals surface area contributed by atoms with E-state index in [1.54, 1.807) is 7.05 Å². The van der Waals surface area contributed by atoms with Crippen molar-refractivity contribution in [1.82, 2.24) is 15.0 Å². The number of rotatable bonds is 7. The van der Waals surface area contributed by atoms with Crippen LogP contribution >= 0.6 is 0 Å². The summed E-state index contributed by atoms with van der Waals surface area (Å²) in [4.78, 5) is 15.5. The van der Waals surface area contributed by atoms with Gasteiger partial charge in [0.25, 0.3) is 0 Å². The fraction of sp³-hybridized carbons (Fsp3) is 0.786. The molecule has 0 amide bonds. The van der Waals surface area contributed by atoms with Crippen LogP contribution in [0.5, 0.6) is 0 Å². The van der Waals surface area contributed by atoms with Gasteiger partial charge < -0.3 is 20.6 Å². The van der Waals surface area contributed by atoms with E-state index in [-0.39, 0.29) is 12.6 Å². The smallest absolute Gasteiger partial charge is 0.231 e. The van der Waals surface area contributed by atoms with Crippen molar-refractivity contribution in [2.24, 2.45) is 5.92 Å². The van der Waals surface area contributed by atoms with Crippen molar-refractivity contribution >= 4 is 17.8 Å². The summed E-state index contributed by atoms with van der Waals surface area (Å²) < 4.78 is 0. The number of nitrogens with one attached hydrogen (secondary N) is 2. The molecule has 118 valence electrons. The monoisotopic (exact) mass is 294 g/mol. The molecule has 1 unspecified atom stereocenters. The van der Waals surface area contributed by atoms with Gasteiger partial charge in [0.2, 0.25) is 17.8 Å². The van der Waals surface area contributed by atoms with E-state index in [4.69, 9.17) is 0 Å².